The average Bonchev–Trinajstić information content (AvgIpc) is 2.31. The van der Waals surface area contributed by atoms with E-state index < -0.39 is 10.0 Å². The lowest BCUT2D eigenvalue weighted by molar-refractivity contribution is 0.212. The maximum atomic E-state index is 12.6. The minimum Gasteiger partial charge on any atom is -0.398 e. The fourth-order valence-corrected chi connectivity index (χ4v) is 4.90. The third-order valence-corrected chi connectivity index (χ3v) is 6.05. The molecular weight excluding hydrogens is 308 g/mol. The molecule has 1 aromatic rings. The van der Waals surface area contributed by atoms with Crippen molar-refractivity contribution in [2.75, 3.05) is 5.73 Å². The lowest BCUT2D eigenvalue weighted by Crippen LogP contribution is -2.40. The van der Waals surface area contributed by atoms with Crippen LogP contribution in [-0.4, -0.2) is 14.5 Å². The van der Waals surface area contributed by atoms with E-state index in [4.69, 9.17) is 17.3 Å². The van der Waals surface area contributed by atoms with Crippen LogP contribution in [-0.2, 0) is 10.0 Å². The Bertz CT molecular complexity index is 641. The van der Waals surface area contributed by atoms with Crippen LogP contribution in [0, 0.1) is 12.3 Å². The Morgan fingerprint density at radius 1 is 1.38 bits per heavy atom. The molecule has 0 aromatic heterocycles. The molecule has 0 spiro atoms. The van der Waals surface area contributed by atoms with Gasteiger partial charge >= 0.3 is 0 Å². The van der Waals surface area contributed by atoms with E-state index in [-0.39, 0.29) is 16.4 Å². The molecule has 1 saturated carbocycles. The van der Waals surface area contributed by atoms with Crippen LogP contribution in [0.2, 0.25) is 5.02 Å². The van der Waals surface area contributed by atoms with Crippen molar-refractivity contribution in [1.29, 1.82) is 0 Å². The number of halogens is 1. The van der Waals surface area contributed by atoms with Gasteiger partial charge in [0.25, 0.3) is 0 Å². The van der Waals surface area contributed by atoms with Gasteiger partial charge in [-0.1, -0.05) is 31.9 Å². The third kappa shape index (κ3) is 3.90. The Morgan fingerprint density at radius 2 is 2.05 bits per heavy atom. The average molecular weight is 331 g/mol. The zero-order chi connectivity index (χ0) is 15.8. The highest BCUT2D eigenvalue weighted by Gasteiger charge is 2.31. The van der Waals surface area contributed by atoms with E-state index in [1.807, 2.05) is 0 Å². The number of hydrogen-bond donors (Lipinski definition) is 2. The predicted octanol–water partition coefficient (Wildman–Crippen LogP) is 3.48. The zero-order valence-electron chi connectivity index (χ0n) is 12.7. The normalized spacial score (nSPS) is 22.2. The van der Waals surface area contributed by atoms with E-state index in [1.54, 1.807) is 13.0 Å². The molecule has 2 rings (SSSR count). The highest BCUT2D eigenvalue weighted by molar-refractivity contribution is 7.89. The second-order valence-corrected chi connectivity index (χ2v) is 8.82. The molecule has 1 fully saturated rings. The molecule has 0 saturated heterocycles. The van der Waals surface area contributed by atoms with Crippen molar-refractivity contribution in [2.24, 2.45) is 5.41 Å². The van der Waals surface area contributed by atoms with Gasteiger partial charge in [-0.15, -0.1) is 0 Å². The minimum atomic E-state index is -3.60. The Balaban J connectivity index is 2.27. The lowest BCUT2D eigenvalue weighted by Gasteiger charge is -2.35. The molecule has 1 atom stereocenters. The van der Waals surface area contributed by atoms with E-state index >= 15 is 0 Å². The van der Waals surface area contributed by atoms with Crippen molar-refractivity contribution >= 4 is 27.3 Å². The fourth-order valence-electron chi connectivity index (χ4n) is 3.04. The molecule has 0 aliphatic heterocycles. The summed E-state index contributed by atoms with van der Waals surface area (Å²) < 4.78 is 28.0. The van der Waals surface area contributed by atoms with Crippen LogP contribution in [0.1, 0.15) is 45.1 Å². The van der Waals surface area contributed by atoms with E-state index in [0.29, 0.717) is 16.3 Å². The maximum Gasteiger partial charge on any atom is 0.241 e. The molecule has 118 valence electrons. The molecule has 3 N–H and O–H groups in total. The van der Waals surface area contributed by atoms with Crippen LogP contribution in [0.3, 0.4) is 0 Å². The molecule has 4 nitrogen and oxygen atoms in total. The summed E-state index contributed by atoms with van der Waals surface area (Å²) in [7, 11) is -3.60. The summed E-state index contributed by atoms with van der Waals surface area (Å²) in [6.45, 7) is 6.05. The SMILES string of the molecule is Cc1c(N)cc(Cl)cc1S(=O)(=O)NC1CCCC(C)(C)C1. The standard InChI is InChI=1S/C15H23ClN2O2S/c1-10-13(17)7-11(16)8-14(10)21(19,20)18-12-5-4-6-15(2,3)9-12/h7-8,12,18H,4-6,9,17H2,1-3H3. The monoisotopic (exact) mass is 330 g/mol. The molecule has 1 aliphatic carbocycles. The van der Waals surface area contributed by atoms with Gasteiger partial charge in [0.2, 0.25) is 10.0 Å². The van der Waals surface area contributed by atoms with Gasteiger partial charge in [-0.05, 0) is 49.3 Å². The van der Waals surface area contributed by atoms with E-state index in [2.05, 4.69) is 18.6 Å². The number of nitrogens with two attached hydrogens (primary N) is 1. The number of nitrogens with one attached hydrogen (secondary N) is 1. The van der Waals surface area contributed by atoms with Gasteiger partial charge in [-0.25, -0.2) is 13.1 Å². The van der Waals surface area contributed by atoms with Crippen molar-refractivity contribution in [1.82, 2.24) is 4.72 Å². The molecule has 1 aliphatic rings. The van der Waals surface area contributed by atoms with Crippen molar-refractivity contribution in [2.45, 2.75) is 57.4 Å². The van der Waals surface area contributed by atoms with Gasteiger partial charge in [-0.2, -0.15) is 0 Å². The summed E-state index contributed by atoms with van der Waals surface area (Å²) in [5.41, 5.74) is 6.93. The first kappa shape index (κ1) is 16.6. The summed E-state index contributed by atoms with van der Waals surface area (Å²) in [5, 5.41) is 0.336. The summed E-state index contributed by atoms with van der Waals surface area (Å²) >= 11 is 5.94. The van der Waals surface area contributed by atoms with Crippen LogP contribution in [0.5, 0.6) is 0 Å². The molecule has 0 heterocycles. The highest BCUT2D eigenvalue weighted by Crippen LogP contribution is 2.36. The zero-order valence-corrected chi connectivity index (χ0v) is 14.3. The molecule has 6 heteroatoms. The first-order chi connectivity index (χ1) is 9.61. The maximum absolute atomic E-state index is 12.6. The second kappa shape index (κ2) is 5.78. The Hall–Kier alpha value is -0.780. The predicted molar refractivity (Wildman–Crippen MR) is 87.0 cm³/mol. The Labute approximate surface area is 132 Å². The molecule has 1 aromatic carbocycles. The van der Waals surface area contributed by atoms with Crippen LogP contribution >= 0.6 is 11.6 Å². The number of benzene rings is 1. The molecule has 0 amide bonds. The Kier molecular flexibility index (Phi) is 4.57. The second-order valence-electron chi connectivity index (χ2n) is 6.70. The van der Waals surface area contributed by atoms with Crippen molar-refractivity contribution in [3.63, 3.8) is 0 Å². The molecule has 0 bridgehead atoms. The van der Waals surface area contributed by atoms with E-state index in [1.165, 1.54) is 6.07 Å². The number of hydrogen-bond acceptors (Lipinski definition) is 3. The number of rotatable bonds is 3. The summed E-state index contributed by atoms with van der Waals surface area (Å²) in [6.07, 6.45) is 3.89. The van der Waals surface area contributed by atoms with E-state index in [9.17, 15) is 8.42 Å². The fraction of sp³-hybridized carbons (Fsp3) is 0.600. The van der Waals surface area contributed by atoms with Crippen LogP contribution in [0.4, 0.5) is 5.69 Å². The minimum absolute atomic E-state index is 0.0293. The summed E-state index contributed by atoms with van der Waals surface area (Å²) in [4.78, 5) is 0.177. The Morgan fingerprint density at radius 3 is 2.67 bits per heavy atom. The van der Waals surface area contributed by atoms with Gasteiger partial charge < -0.3 is 5.73 Å². The largest absolute Gasteiger partial charge is 0.398 e. The highest BCUT2D eigenvalue weighted by atomic mass is 35.5. The summed E-state index contributed by atoms with van der Waals surface area (Å²) in [5.74, 6) is 0. The molecular formula is C15H23ClN2O2S. The molecule has 0 radical (unpaired) electrons. The van der Waals surface area contributed by atoms with Gasteiger partial charge in [-0.3, -0.25) is 0 Å². The van der Waals surface area contributed by atoms with Crippen LogP contribution < -0.4 is 10.5 Å². The van der Waals surface area contributed by atoms with Crippen LogP contribution in [0.25, 0.3) is 0 Å². The van der Waals surface area contributed by atoms with Gasteiger partial charge in [0.1, 0.15) is 0 Å². The van der Waals surface area contributed by atoms with Crippen molar-refractivity contribution in [3.8, 4) is 0 Å². The number of sulfonamides is 1. The van der Waals surface area contributed by atoms with Gasteiger partial charge in [0.15, 0.2) is 0 Å². The topological polar surface area (TPSA) is 72.2 Å². The van der Waals surface area contributed by atoms with Crippen LogP contribution in [0.15, 0.2) is 17.0 Å². The van der Waals surface area contributed by atoms with Crippen molar-refractivity contribution < 1.29 is 8.42 Å². The van der Waals surface area contributed by atoms with E-state index in [0.717, 1.165) is 25.7 Å². The van der Waals surface area contributed by atoms with Gasteiger partial charge in [0, 0.05) is 16.8 Å². The third-order valence-electron chi connectivity index (χ3n) is 4.18. The first-order valence-electron chi connectivity index (χ1n) is 7.19. The number of anilines is 1. The quantitative estimate of drug-likeness (QED) is 0.833. The van der Waals surface area contributed by atoms with Gasteiger partial charge in [0.05, 0.1) is 4.90 Å². The molecule has 21 heavy (non-hydrogen) atoms. The summed E-state index contributed by atoms with van der Waals surface area (Å²) in [6, 6.07) is 3.00. The lowest BCUT2D eigenvalue weighted by atomic mass is 9.75. The van der Waals surface area contributed by atoms with Crippen molar-refractivity contribution in [3.05, 3.63) is 22.7 Å². The number of nitrogen functional groups attached to an aromatic ring is 1. The first-order valence-corrected chi connectivity index (χ1v) is 9.05. The molecule has 1 unspecified atom stereocenters. The smallest absolute Gasteiger partial charge is 0.241 e.